The van der Waals surface area contributed by atoms with Gasteiger partial charge in [-0.05, 0) is 116 Å². The lowest BCUT2D eigenvalue weighted by Crippen LogP contribution is -1.95. The first-order valence-electron chi connectivity index (χ1n) is 18.7. The molecule has 0 atom stereocenters. The molecular formula is C52H32N2. The van der Waals surface area contributed by atoms with Gasteiger partial charge < -0.3 is 9.13 Å². The Kier molecular flexibility index (Phi) is 6.09. The number of hydrogen-bond acceptors (Lipinski definition) is 0. The molecule has 0 aliphatic heterocycles. The van der Waals surface area contributed by atoms with Gasteiger partial charge >= 0.3 is 0 Å². The molecule has 0 unspecified atom stereocenters. The molecule has 2 nitrogen and oxygen atoms in total. The molecule has 0 N–H and O–H groups in total. The Bertz CT molecular complexity index is 3320. The van der Waals surface area contributed by atoms with Crippen LogP contribution in [0.15, 0.2) is 194 Å². The summed E-state index contributed by atoms with van der Waals surface area (Å²) < 4.78 is 4.87. The number of aromatic nitrogens is 2. The van der Waals surface area contributed by atoms with E-state index in [2.05, 4.69) is 203 Å². The predicted octanol–water partition coefficient (Wildman–Crippen LogP) is 14.0. The summed E-state index contributed by atoms with van der Waals surface area (Å²) in [5.74, 6) is 0. The highest BCUT2D eigenvalue weighted by molar-refractivity contribution is 6.17. The van der Waals surface area contributed by atoms with E-state index in [1.807, 2.05) is 0 Å². The van der Waals surface area contributed by atoms with Crippen molar-refractivity contribution in [3.63, 3.8) is 0 Å². The maximum absolute atomic E-state index is 2.46. The van der Waals surface area contributed by atoms with E-state index in [-0.39, 0.29) is 0 Å². The minimum atomic E-state index is 1.16. The fraction of sp³-hybridized carbons (Fsp3) is 0. The lowest BCUT2D eigenvalue weighted by Gasteiger charge is -2.12. The lowest BCUT2D eigenvalue weighted by atomic mass is 10.0. The Labute approximate surface area is 312 Å². The highest BCUT2D eigenvalue weighted by Crippen LogP contribution is 2.48. The molecule has 2 heterocycles. The number of fused-ring (bicyclic) bond motifs is 9. The average Bonchev–Trinajstić information content (AvgIpc) is 3.87. The van der Waals surface area contributed by atoms with Gasteiger partial charge in [0.1, 0.15) is 0 Å². The highest BCUT2D eigenvalue weighted by atomic mass is 15.0. The van der Waals surface area contributed by atoms with Gasteiger partial charge in [-0.3, -0.25) is 0 Å². The van der Waals surface area contributed by atoms with E-state index < -0.39 is 0 Å². The van der Waals surface area contributed by atoms with Crippen LogP contribution in [0.3, 0.4) is 0 Å². The molecule has 0 spiro atoms. The van der Waals surface area contributed by atoms with Gasteiger partial charge in [0, 0.05) is 32.9 Å². The fourth-order valence-electron chi connectivity index (χ4n) is 9.25. The largest absolute Gasteiger partial charge is 0.309 e. The van der Waals surface area contributed by atoms with Gasteiger partial charge in [-0.2, -0.15) is 0 Å². The van der Waals surface area contributed by atoms with E-state index >= 15 is 0 Å². The Balaban J connectivity index is 1.03. The summed E-state index contributed by atoms with van der Waals surface area (Å²) >= 11 is 0. The zero-order valence-corrected chi connectivity index (χ0v) is 29.4. The van der Waals surface area contributed by atoms with Gasteiger partial charge in [-0.15, -0.1) is 0 Å². The van der Waals surface area contributed by atoms with Crippen molar-refractivity contribution >= 4 is 54.4 Å². The minimum Gasteiger partial charge on any atom is -0.309 e. The lowest BCUT2D eigenvalue weighted by molar-refractivity contribution is 1.18. The molecule has 9 aromatic carbocycles. The molecule has 12 rings (SSSR count). The second-order valence-corrected chi connectivity index (χ2v) is 14.5. The zero-order chi connectivity index (χ0) is 35.3. The molecule has 2 aromatic heterocycles. The van der Waals surface area contributed by atoms with Crippen molar-refractivity contribution in [3.8, 4) is 55.9 Å². The number of para-hydroxylation sites is 2. The topological polar surface area (TPSA) is 9.86 Å². The van der Waals surface area contributed by atoms with Crippen molar-refractivity contribution in [2.45, 2.75) is 0 Å². The Morgan fingerprint density at radius 3 is 1.48 bits per heavy atom. The van der Waals surface area contributed by atoms with Crippen LogP contribution in [0.2, 0.25) is 0 Å². The minimum absolute atomic E-state index is 1.16. The van der Waals surface area contributed by atoms with Crippen molar-refractivity contribution in [3.05, 3.63) is 194 Å². The van der Waals surface area contributed by atoms with Crippen molar-refractivity contribution in [1.29, 1.82) is 0 Å². The second kappa shape index (κ2) is 11.2. The summed E-state index contributed by atoms with van der Waals surface area (Å²) in [7, 11) is 0. The second-order valence-electron chi connectivity index (χ2n) is 14.5. The Morgan fingerprint density at radius 1 is 0.259 bits per heavy atom. The quantitative estimate of drug-likeness (QED) is 0.175. The molecule has 0 amide bonds. The molecule has 1 aliphatic rings. The number of benzene rings is 9. The normalized spacial score (nSPS) is 12.1. The SMILES string of the molecule is c1ccc(-c2cccc(-n3c4ccccc4c4cc(-c5ccc6c(c5)c5ccccc5n6-c5cc6c7c(cccc7c5)-c5ccccc5-6)ccc43)c2)cc1. The summed E-state index contributed by atoms with van der Waals surface area (Å²) in [4.78, 5) is 0. The van der Waals surface area contributed by atoms with Crippen molar-refractivity contribution in [2.75, 3.05) is 0 Å². The summed E-state index contributed by atoms with van der Waals surface area (Å²) in [6.45, 7) is 0. The first kappa shape index (κ1) is 29.4. The van der Waals surface area contributed by atoms with Crippen LogP contribution in [0.4, 0.5) is 0 Å². The third-order valence-corrected chi connectivity index (χ3v) is 11.6. The summed E-state index contributed by atoms with van der Waals surface area (Å²) in [5.41, 5.74) is 17.3. The van der Waals surface area contributed by atoms with Crippen molar-refractivity contribution < 1.29 is 0 Å². The molecule has 11 aromatic rings. The zero-order valence-electron chi connectivity index (χ0n) is 29.4. The third kappa shape index (κ3) is 4.17. The maximum atomic E-state index is 2.46. The molecule has 0 bridgehead atoms. The van der Waals surface area contributed by atoms with E-state index in [4.69, 9.17) is 0 Å². The smallest absolute Gasteiger partial charge is 0.0541 e. The van der Waals surface area contributed by atoms with Gasteiger partial charge in [0.2, 0.25) is 0 Å². The summed E-state index contributed by atoms with van der Waals surface area (Å²) in [6, 6.07) is 71.5. The molecule has 0 radical (unpaired) electrons. The van der Waals surface area contributed by atoms with E-state index in [1.54, 1.807) is 0 Å². The first-order chi connectivity index (χ1) is 26.8. The van der Waals surface area contributed by atoms with E-state index in [0.717, 1.165) is 5.69 Å². The molecule has 0 saturated carbocycles. The van der Waals surface area contributed by atoms with Crippen LogP contribution >= 0.6 is 0 Å². The molecule has 0 fully saturated rings. The summed E-state index contributed by atoms with van der Waals surface area (Å²) in [6.07, 6.45) is 0. The van der Waals surface area contributed by atoms with Gasteiger partial charge in [0.05, 0.1) is 22.1 Å². The van der Waals surface area contributed by atoms with Crippen LogP contribution in [-0.2, 0) is 0 Å². The third-order valence-electron chi connectivity index (χ3n) is 11.6. The van der Waals surface area contributed by atoms with Gasteiger partial charge in [0.25, 0.3) is 0 Å². The monoisotopic (exact) mass is 684 g/mol. The van der Waals surface area contributed by atoms with Crippen molar-refractivity contribution in [2.24, 2.45) is 0 Å². The van der Waals surface area contributed by atoms with E-state index in [0.29, 0.717) is 0 Å². The van der Waals surface area contributed by atoms with E-state index in [1.165, 1.54) is 105 Å². The van der Waals surface area contributed by atoms with Crippen LogP contribution in [-0.4, -0.2) is 9.13 Å². The van der Waals surface area contributed by atoms with Crippen LogP contribution in [0, 0.1) is 0 Å². The standard InChI is InChI=1S/C52H32N2/c1-2-12-33(13-3-1)34-14-10-16-38(28-34)53-48-22-8-6-19-42(48)45-30-35(24-26-50(45)53)36-25-27-51-46(31-36)43-20-7-9-23-49(43)54(51)39-29-37-15-11-21-44-40-17-4-5-18-41(40)47(32-39)52(37)44/h1-32H. The highest BCUT2D eigenvalue weighted by Gasteiger charge is 2.23. The maximum Gasteiger partial charge on any atom is 0.0541 e. The van der Waals surface area contributed by atoms with Gasteiger partial charge in [-0.1, -0.05) is 133 Å². The molecule has 2 heteroatoms. The predicted molar refractivity (Wildman–Crippen MR) is 228 cm³/mol. The van der Waals surface area contributed by atoms with Crippen molar-refractivity contribution in [1.82, 2.24) is 9.13 Å². The first-order valence-corrected chi connectivity index (χ1v) is 18.7. The summed E-state index contributed by atoms with van der Waals surface area (Å²) in [5, 5.41) is 7.66. The average molecular weight is 685 g/mol. The number of hydrogen-bond donors (Lipinski definition) is 0. The number of nitrogens with zero attached hydrogens (tertiary/aromatic N) is 2. The molecular weight excluding hydrogens is 653 g/mol. The molecule has 54 heavy (non-hydrogen) atoms. The van der Waals surface area contributed by atoms with Crippen LogP contribution < -0.4 is 0 Å². The van der Waals surface area contributed by atoms with Gasteiger partial charge in [-0.25, -0.2) is 0 Å². The van der Waals surface area contributed by atoms with Crippen LogP contribution in [0.1, 0.15) is 0 Å². The molecule has 250 valence electrons. The fourth-order valence-corrected chi connectivity index (χ4v) is 9.25. The Morgan fingerprint density at radius 2 is 0.778 bits per heavy atom. The molecule has 1 aliphatic carbocycles. The number of rotatable bonds is 4. The van der Waals surface area contributed by atoms with E-state index in [9.17, 15) is 0 Å². The van der Waals surface area contributed by atoms with Crippen LogP contribution in [0.25, 0.3) is 110 Å². The van der Waals surface area contributed by atoms with Gasteiger partial charge in [0.15, 0.2) is 0 Å². The van der Waals surface area contributed by atoms with Crippen LogP contribution in [0.5, 0.6) is 0 Å². The molecule has 0 saturated heterocycles. The Hall–Kier alpha value is -7.16.